The van der Waals surface area contributed by atoms with E-state index in [1.165, 1.54) is 66.1 Å². The van der Waals surface area contributed by atoms with Crippen LogP contribution in [0.4, 0.5) is 0 Å². The third kappa shape index (κ3) is 10.7. The fraction of sp³-hybridized carbons (Fsp3) is 0.296. The van der Waals surface area contributed by atoms with E-state index < -0.39 is 18.0 Å². The molecule has 8 rings (SSSR count). The van der Waals surface area contributed by atoms with E-state index in [1.54, 1.807) is 0 Å². The first-order chi connectivity index (χ1) is 28.4. The monoisotopic (exact) mass is 928 g/mol. The summed E-state index contributed by atoms with van der Waals surface area (Å²) < 4.78 is 11.7. The second-order valence-corrected chi connectivity index (χ2v) is 41.1. The van der Waals surface area contributed by atoms with Gasteiger partial charge < -0.3 is 8.83 Å². The molecule has 8 aromatic rings. The zero-order valence-corrected chi connectivity index (χ0v) is 42.5. The van der Waals surface area contributed by atoms with E-state index in [2.05, 4.69) is 178 Å². The van der Waals surface area contributed by atoms with E-state index in [4.69, 9.17) is 25.9 Å². The topological polar surface area (TPSA) is 26.3 Å². The third-order valence-corrected chi connectivity index (χ3v) is 31.0. The van der Waals surface area contributed by atoms with E-state index in [-0.39, 0.29) is 16.3 Å². The molecule has 6 heteroatoms. The van der Waals surface area contributed by atoms with Crippen molar-refractivity contribution in [3.8, 4) is 44.9 Å². The van der Waals surface area contributed by atoms with Crippen LogP contribution in [0.5, 0.6) is 0 Å². The summed E-state index contributed by atoms with van der Waals surface area (Å²) in [6.07, 6.45) is 2.04. The first-order valence-electron chi connectivity index (χ1n) is 21.2. The first kappa shape index (κ1) is 45.9. The molecule has 0 unspecified atom stereocenters. The van der Waals surface area contributed by atoms with Crippen LogP contribution in [0, 0.1) is 13.8 Å². The molecule has 0 saturated carbocycles. The zero-order chi connectivity index (χ0) is 43.5. The number of furan rings is 2. The Bertz CT molecular complexity index is 2540. The first-order valence-corrected chi connectivity index (χ1v) is 33.7. The fourth-order valence-corrected chi connectivity index (χ4v) is 7.66. The normalized spacial score (nSPS) is 11.6. The van der Waals surface area contributed by atoms with E-state index in [1.807, 2.05) is 26.0 Å². The number of halogens is 2. The molecule has 0 aliphatic heterocycles. The molecule has 0 atom stereocenters. The second kappa shape index (κ2) is 19.2. The predicted molar refractivity (Wildman–Crippen MR) is 260 cm³/mol. The molecule has 0 saturated heterocycles. The van der Waals surface area contributed by atoms with E-state index in [9.17, 15) is 0 Å². The van der Waals surface area contributed by atoms with E-state index >= 15 is 0 Å². The number of benzene rings is 4. The summed E-state index contributed by atoms with van der Waals surface area (Å²) in [5, 5.41) is 5.15. The fourth-order valence-electron chi connectivity index (χ4n) is 7.66. The van der Waals surface area contributed by atoms with Crippen LogP contribution in [0.3, 0.4) is 0 Å². The van der Waals surface area contributed by atoms with Gasteiger partial charge in [0.05, 0.1) is 23.0 Å². The summed E-state index contributed by atoms with van der Waals surface area (Å²) in [7, 11) is 11.2. The van der Waals surface area contributed by atoms with Crippen molar-refractivity contribution < 1.29 is 26.8 Å². The van der Waals surface area contributed by atoms with Gasteiger partial charge in [-0.2, -0.15) is 0 Å². The van der Waals surface area contributed by atoms with Crippen molar-refractivity contribution in [2.24, 2.45) is 0 Å². The quantitative estimate of drug-likeness (QED) is 0.123. The van der Waals surface area contributed by atoms with Crippen LogP contribution < -0.4 is 0 Å². The van der Waals surface area contributed by atoms with Crippen molar-refractivity contribution in [1.82, 2.24) is 0 Å². The van der Waals surface area contributed by atoms with Crippen LogP contribution in [-0.4, -0.2) is 5.43 Å². The van der Waals surface area contributed by atoms with Crippen molar-refractivity contribution in [2.45, 2.75) is 106 Å². The van der Waals surface area contributed by atoms with Crippen molar-refractivity contribution in [3.63, 3.8) is 0 Å². The molecule has 6 aromatic carbocycles. The molecular formula is C54H60Cl2O2SiZr-2. The number of fused-ring (bicyclic) bond motifs is 2. The molecule has 0 amide bonds. The van der Waals surface area contributed by atoms with Crippen LogP contribution in [0.15, 0.2) is 130 Å². The Labute approximate surface area is 374 Å². The summed E-state index contributed by atoms with van der Waals surface area (Å²) in [4.78, 5) is 0. The van der Waals surface area contributed by atoms with Gasteiger partial charge in [0.15, 0.2) is 0 Å². The summed E-state index contributed by atoms with van der Waals surface area (Å²) in [5.74, 6) is 3.77. The van der Waals surface area contributed by atoms with Gasteiger partial charge in [-0.15, -0.1) is 57.9 Å². The van der Waals surface area contributed by atoms with Gasteiger partial charge in [0.2, 0.25) is 0 Å². The Kier molecular flexibility index (Phi) is 14.6. The van der Waals surface area contributed by atoms with Gasteiger partial charge in [-0.05, 0) is 95.2 Å². The summed E-state index contributed by atoms with van der Waals surface area (Å²) in [5.41, 5.74) is 13.2. The Morgan fingerprint density at radius 1 is 0.533 bits per heavy atom. The van der Waals surface area contributed by atoms with Gasteiger partial charge in [-0.1, -0.05) is 138 Å². The predicted octanol–water partition coefficient (Wildman–Crippen LogP) is 17.5. The minimum absolute atomic E-state index is 0.169. The van der Waals surface area contributed by atoms with Gasteiger partial charge in [-0.25, -0.2) is 0 Å². The average molecular weight is 931 g/mol. The number of hydrogen-bond acceptors (Lipinski definition) is 2. The average Bonchev–Trinajstić information content (AvgIpc) is 4.03. The molecule has 0 spiro atoms. The Morgan fingerprint density at radius 3 is 1.15 bits per heavy atom. The van der Waals surface area contributed by atoms with Crippen molar-refractivity contribution in [1.29, 1.82) is 0 Å². The summed E-state index contributed by atoms with van der Waals surface area (Å²) in [6.45, 7) is 26.3. The van der Waals surface area contributed by atoms with Crippen molar-refractivity contribution >= 4 is 44.0 Å². The third-order valence-electron chi connectivity index (χ3n) is 11.2. The maximum atomic E-state index is 5.85. The molecule has 0 radical (unpaired) electrons. The molecule has 0 N–H and O–H groups in total. The van der Waals surface area contributed by atoms with Crippen LogP contribution >= 0.6 is 17.0 Å². The van der Waals surface area contributed by atoms with Gasteiger partial charge in [0.1, 0.15) is 0 Å². The molecule has 2 aromatic heterocycles. The molecule has 2 heterocycles. The molecule has 0 aliphatic rings. The minimum atomic E-state index is -1.65. The van der Waals surface area contributed by atoms with Gasteiger partial charge in [-0.3, -0.25) is 0 Å². The second-order valence-electron chi connectivity index (χ2n) is 18.1. The molecule has 0 aliphatic carbocycles. The van der Waals surface area contributed by atoms with Gasteiger partial charge in [0.25, 0.3) is 0 Å². The Hall–Kier alpha value is -3.66. The molecular weight excluding hydrogens is 871 g/mol. The van der Waals surface area contributed by atoms with Crippen LogP contribution in [0.1, 0.15) is 89.2 Å². The number of hydrogen-bond donors (Lipinski definition) is 0. The number of rotatable bonds is 6. The Morgan fingerprint density at radius 2 is 0.883 bits per heavy atom. The molecule has 60 heavy (non-hydrogen) atoms. The standard InChI is InChI=1S/2C26H27O.C2H6Si.2ClH.Zr/c2*1-6-18-8-9-20-15-21(24-14-7-17(2)27-24)16-23(20)25(18)19-10-12-22(13-11-19)26(3,4)5;1-3-2;;;/h2*7-16H,6H2,1-5H3;1-2H3;2*1H;/q2*-1;;;;+2/p-2. The van der Waals surface area contributed by atoms with Crippen LogP contribution in [0.25, 0.3) is 66.4 Å². The molecule has 312 valence electrons. The maximum absolute atomic E-state index is 5.85. The molecule has 0 fully saturated rings. The van der Waals surface area contributed by atoms with Gasteiger partial charge >= 0.3 is 53.5 Å². The van der Waals surface area contributed by atoms with Crippen molar-refractivity contribution in [3.05, 3.63) is 155 Å². The van der Waals surface area contributed by atoms with E-state index in [0.29, 0.717) is 0 Å². The summed E-state index contributed by atoms with van der Waals surface area (Å²) >= 11 is -1.65. The SMILES string of the molecule is CCc1ccc2[cH-]c(-c3ccc(C)o3)cc2c1-c1ccc(C(C)(C)C)cc1.CCc1ccc2[cH-]c(-c3ccc(C)o3)cc2c1-c1ccc(C(C)(C)C)cc1.C[Si](C)=[Zr]([Cl])[Cl]. The zero-order valence-electron chi connectivity index (χ0n) is 37.5. The number of aryl methyl sites for hydroxylation is 4. The molecule has 0 bridgehead atoms. The Balaban J connectivity index is 0.000000177. The van der Waals surface area contributed by atoms with E-state index in [0.717, 1.165) is 47.0 Å². The van der Waals surface area contributed by atoms with Crippen molar-refractivity contribution in [2.75, 3.05) is 0 Å². The van der Waals surface area contributed by atoms with Crippen LogP contribution in [-0.2, 0) is 41.7 Å². The molecule has 2 nitrogen and oxygen atoms in total. The van der Waals surface area contributed by atoms with Crippen LogP contribution in [0.2, 0.25) is 13.1 Å². The summed E-state index contributed by atoms with van der Waals surface area (Å²) in [6, 6.07) is 44.4. The van der Waals surface area contributed by atoms with Gasteiger partial charge in [0, 0.05) is 0 Å².